The number of amides is 4. The number of carbonyl (C=O) groups excluding carboxylic acids is 4. The van der Waals surface area contributed by atoms with Crippen LogP contribution in [0.1, 0.15) is 0 Å². The van der Waals surface area contributed by atoms with Crippen molar-refractivity contribution in [1.29, 1.82) is 10.5 Å². The van der Waals surface area contributed by atoms with E-state index in [1.807, 2.05) is 12.1 Å². The highest BCUT2D eigenvalue weighted by molar-refractivity contribution is 8.04. The summed E-state index contributed by atoms with van der Waals surface area (Å²) in [6.07, 6.45) is 0. The Kier molecular flexibility index (Phi) is 10.1. The number of nitriles is 2. The number of anilines is 4. The Bertz CT molecular complexity index is 2160. The van der Waals surface area contributed by atoms with E-state index in [-0.39, 0.29) is 65.7 Å². The quantitative estimate of drug-likeness (QED) is 0.175. The summed E-state index contributed by atoms with van der Waals surface area (Å²) in [6.45, 7) is 0. The zero-order valence-electron chi connectivity index (χ0n) is 26.3. The first-order valence-electron chi connectivity index (χ1n) is 15.0. The number of carbonyl (C=O) groups is 4. The van der Waals surface area contributed by atoms with Gasteiger partial charge in [0, 0.05) is 22.7 Å². The molecule has 15 heteroatoms. The Labute approximate surface area is 301 Å². The summed E-state index contributed by atoms with van der Waals surface area (Å²) in [7, 11) is -4.03. The minimum absolute atomic E-state index is 0.0658. The molecule has 0 saturated carbocycles. The van der Waals surface area contributed by atoms with Crippen LogP contribution in [0.3, 0.4) is 0 Å². The van der Waals surface area contributed by atoms with Crippen LogP contribution in [0.5, 0.6) is 0 Å². The molecule has 0 spiro atoms. The van der Waals surface area contributed by atoms with Crippen LogP contribution in [0.25, 0.3) is 0 Å². The normalized spacial score (nSPS) is 16.3. The molecule has 0 unspecified atom stereocenters. The number of nitrogens with zero attached hydrogens (tertiary/aromatic N) is 4. The fraction of sp³-hybridized carbons (Fsp3) is 0.0556. The first-order chi connectivity index (χ1) is 24.6. The van der Waals surface area contributed by atoms with E-state index in [0.29, 0.717) is 11.4 Å². The summed E-state index contributed by atoms with van der Waals surface area (Å²) in [5.74, 6) is -1.93. The maximum atomic E-state index is 13.4. The lowest BCUT2D eigenvalue weighted by molar-refractivity contribution is -0.116. The molecular formula is C36H24N6O6S3. The SMILES string of the molecule is N#C/C(C(=O)Nc1ccc(S(=O)(=O)c2ccc(NC(=O)/C(C#N)=C3/SCC(=O)N3c3ccccc3)cc2)cc1)=C1\SCC(=O)N1c1ccccc1. The molecule has 4 aromatic carbocycles. The molecule has 0 aromatic heterocycles. The predicted octanol–water partition coefficient (Wildman–Crippen LogP) is 5.43. The zero-order chi connectivity index (χ0) is 36.1. The van der Waals surface area contributed by atoms with Crippen LogP contribution in [-0.4, -0.2) is 43.6 Å². The first-order valence-corrected chi connectivity index (χ1v) is 18.5. The third-order valence-corrected chi connectivity index (χ3v) is 11.4. The molecule has 0 aliphatic carbocycles. The Morgan fingerprint density at radius 2 is 0.941 bits per heavy atom. The number of nitrogens with one attached hydrogen (secondary N) is 2. The number of rotatable bonds is 8. The zero-order valence-corrected chi connectivity index (χ0v) is 28.7. The lowest BCUT2D eigenvalue weighted by Crippen LogP contribution is -2.26. The molecular weight excluding hydrogens is 709 g/mol. The lowest BCUT2D eigenvalue weighted by atomic mass is 10.2. The van der Waals surface area contributed by atoms with Crippen molar-refractivity contribution in [3.05, 3.63) is 130 Å². The van der Waals surface area contributed by atoms with Gasteiger partial charge < -0.3 is 10.6 Å². The molecule has 0 radical (unpaired) electrons. The number of hydrogen-bond donors (Lipinski definition) is 2. The Morgan fingerprint density at radius 1 is 0.588 bits per heavy atom. The number of thioether (sulfide) groups is 2. The molecule has 6 rings (SSSR count). The number of hydrogen-bond acceptors (Lipinski definition) is 10. The third kappa shape index (κ3) is 7.13. The molecule has 2 heterocycles. The van der Waals surface area contributed by atoms with E-state index in [4.69, 9.17) is 0 Å². The van der Waals surface area contributed by atoms with Gasteiger partial charge in [0.15, 0.2) is 0 Å². The maximum Gasteiger partial charge on any atom is 0.269 e. The fourth-order valence-electron chi connectivity index (χ4n) is 5.14. The van der Waals surface area contributed by atoms with Gasteiger partial charge in [0.1, 0.15) is 33.3 Å². The molecule has 2 N–H and O–H groups in total. The Hall–Kier alpha value is -6.13. The van der Waals surface area contributed by atoms with Gasteiger partial charge in [-0.1, -0.05) is 59.9 Å². The highest BCUT2D eigenvalue weighted by Crippen LogP contribution is 2.37. The van der Waals surface area contributed by atoms with Gasteiger partial charge in [0.2, 0.25) is 21.7 Å². The monoisotopic (exact) mass is 732 g/mol. The Morgan fingerprint density at radius 3 is 1.27 bits per heavy atom. The third-order valence-electron chi connectivity index (χ3n) is 7.55. The highest BCUT2D eigenvalue weighted by atomic mass is 32.2. The largest absolute Gasteiger partial charge is 0.321 e. The molecule has 252 valence electrons. The molecule has 12 nitrogen and oxygen atoms in total. The van der Waals surface area contributed by atoms with Crippen molar-refractivity contribution in [2.45, 2.75) is 9.79 Å². The molecule has 4 amide bonds. The molecule has 2 aliphatic rings. The van der Waals surface area contributed by atoms with Crippen molar-refractivity contribution in [2.24, 2.45) is 0 Å². The van der Waals surface area contributed by atoms with Crippen LogP contribution in [0.15, 0.2) is 140 Å². The average molecular weight is 733 g/mol. The minimum Gasteiger partial charge on any atom is -0.321 e. The lowest BCUT2D eigenvalue weighted by Gasteiger charge is -2.18. The van der Waals surface area contributed by atoms with Crippen LogP contribution in [-0.2, 0) is 29.0 Å². The molecule has 51 heavy (non-hydrogen) atoms. The van der Waals surface area contributed by atoms with E-state index in [0.717, 1.165) is 23.5 Å². The van der Waals surface area contributed by atoms with Gasteiger partial charge >= 0.3 is 0 Å². The van der Waals surface area contributed by atoms with Gasteiger partial charge in [-0.05, 0) is 72.8 Å². The van der Waals surface area contributed by atoms with Crippen molar-refractivity contribution < 1.29 is 27.6 Å². The summed E-state index contributed by atoms with van der Waals surface area (Å²) >= 11 is 2.16. The summed E-state index contributed by atoms with van der Waals surface area (Å²) in [6, 6.07) is 31.8. The van der Waals surface area contributed by atoms with E-state index in [1.165, 1.54) is 58.3 Å². The highest BCUT2D eigenvalue weighted by Gasteiger charge is 2.34. The van der Waals surface area contributed by atoms with Crippen molar-refractivity contribution in [3.63, 3.8) is 0 Å². The van der Waals surface area contributed by atoms with Gasteiger partial charge in [-0.2, -0.15) is 10.5 Å². The van der Waals surface area contributed by atoms with E-state index >= 15 is 0 Å². The maximum absolute atomic E-state index is 13.4. The number of para-hydroxylation sites is 2. The van der Waals surface area contributed by atoms with Crippen LogP contribution < -0.4 is 20.4 Å². The van der Waals surface area contributed by atoms with Gasteiger partial charge in [0.25, 0.3) is 11.8 Å². The van der Waals surface area contributed by atoms with Crippen molar-refractivity contribution in [1.82, 2.24) is 0 Å². The number of benzene rings is 4. The first kappa shape index (κ1) is 34.7. The fourth-order valence-corrected chi connectivity index (χ4v) is 8.42. The molecule has 4 aromatic rings. The second-order valence-corrected chi connectivity index (χ2v) is 14.6. The van der Waals surface area contributed by atoms with Crippen LogP contribution in [0.4, 0.5) is 22.7 Å². The molecule has 0 atom stereocenters. The van der Waals surface area contributed by atoms with E-state index in [2.05, 4.69) is 10.6 Å². The van der Waals surface area contributed by atoms with Crippen LogP contribution >= 0.6 is 23.5 Å². The van der Waals surface area contributed by atoms with E-state index < -0.39 is 21.7 Å². The van der Waals surface area contributed by atoms with E-state index in [1.54, 1.807) is 60.7 Å². The van der Waals surface area contributed by atoms with Crippen LogP contribution in [0.2, 0.25) is 0 Å². The summed E-state index contributed by atoms with van der Waals surface area (Å²) < 4.78 is 26.8. The number of sulfone groups is 1. The summed E-state index contributed by atoms with van der Waals surface area (Å²) in [5, 5.41) is 25.2. The Balaban J connectivity index is 1.15. The van der Waals surface area contributed by atoms with E-state index in [9.17, 15) is 38.1 Å². The van der Waals surface area contributed by atoms with Gasteiger partial charge in [-0.15, -0.1) is 0 Å². The topological polar surface area (TPSA) is 181 Å². The van der Waals surface area contributed by atoms with Crippen LogP contribution in [0, 0.1) is 22.7 Å². The standard InChI is InChI=1S/C36H24N6O6S3/c37-19-29(35-41(31(43)21-49-35)25-7-3-1-4-8-25)33(45)39-23-11-15-27(16-12-23)51(47,48)28-17-13-24(14-18-28)40-34(46)30(20-38)36-42(32(44)22-50-36)26-9-5-2-6-10-26/h1-18H,21-22H2,(H,39,45)(H,40,46)/b35-29+,36-30+. The predicted molar refractivity (Wildman–Crippen MR) is 194 cm³/mol. The minimum atomic E-state index is -4.03. The smallest absolute Gasteiger partial charge is 0.269 e. The van der Waals surface area contributed by atoms with Gasteiger partial charge in [0.05, 0.1) is 21.3 Å². The molecule has 2 aliphatic heterocycles. The second-order valence-electron chi connectivity index (χ2n) is 10.8. The average Bonchev–Trinajstić information content (AvgIpc) is 3.71. The molecule has 0 bridgehead atoms. The summed E-state index contributed by atoms with van der Waals surface area (Å²) in [4.78, 5) is 53.9. The second kappa shape index (κ2) is 14.8. The van der Waals surface area contributed by atoms with Gasteiger partial charge in [-0.25, -0.2) is 8.42 Å². The van der Waals surface area contributed by atoms with Crippen molar-refractivity contribution in [2.75, 3.05) is 31.9 Å². The van der Waals surface area contributed by atoms with Crippen molar-refractivity contribution >= 4 is 79.7 Å². The summed E-state index contributed by atoms with van der Waals surface area (Å²) in [5.41, 5.74) is 0.964. The molecule has 2 fully saturated rings. The van der Waals surface area contributed by atoms with Gasteiger partial charge in [-0.3, -0.25) is 29.0 Å². The van der Waals surface area contributed by atoms with Crippen molar-refractivity contribution in [3.8, 4) is 12.1 Å². The molecule has 2 saturated heterocycles.